The molecule has 4 rings (SSSR count). The molecular formula is C53H72O2Si2. The van der Waals surface area contributed by atoms with Crippen LogP contribution in [0.2, 0.25) is 33.2 Å². The summed E-state index contributed by atoms with van der Waals surface area (Å²) in [6.07, 6.45) is 4.68. The van der Waals surface area contributed by atoms with Gasteiger partial charge in [-0.25, -0.2) is 0 Å². The van der Waals surface area contributed by atoms with E-state index in [-0.39, 0.29) is 5.92 Å². The average molecular weight is 797 g/mol. The summed E-state index contributed by atoms with van der Waals surface area (Å²) in [5.74, 6) is 22.4. The van der Waals surface area contributed by atoms with Crippen LogP contribution in [0, 0.1) is 52.5 Å². The molecule has 0 unspecified atom stereocenters. The first-order valence-corrected chi connectivity index (χ1v) is 26.4. The van der Waals surface area contributed by atoms with Gasteiger partial charge in [-0.05, 0) is 99.0 Å². The van der Waals surface area contributed by atoms with Gasteiger partial charge in [0, 0.05) is 33.4 Å². The highest BCUT2D eigenvalue weighted by Crippen LogP contribution is 2.42. The highest BCUT2D eigenvalue weighted by Gasteiger charge is 2.43. The fourth-order valence-corrected chi connectivity index (χ4v) is 20.0. The normalized spacial score (nSPS) is 15.4. The van der Waals surface area contributed by atoms with Gasteiger partial charge in [-0.3, -0.25) is 0 Å². The van der Waals surface area contributed by atoms with Crippen LogP contribution in [0.5, 0.6) is 0 Å². The van der Waals surface area contributed by atoms with E-state index in [1.165, 1.54) is 11.1 Å². The Morgan fingerprint density at radius 3 is 1.12 bits per heavy atom. The molecule has 304 valence electrons. The number of benzene rings is 2. The van der Waals surface area contributed by atoms with Crippen LogP contribution < -0.4 is 0 Å². The Hall–Kier alpha value is -3.49. The van der Waals surface area contributed by atoms with E-state index in [1.807, 2.05) is 0 Å². The quantitative estimate of drug-likeness (QED) is 0.186. The van der Waals surface area contributed by atoms with Gasteiger partial charge in [0.25, 0.3) is 0 Å². The second-order valence-corrected chi connectivity index (χ2v) is 30.1. The van der Waals surface area contributed by atoms with E-state index in [4.69, 9.17) is 9.47 Å². The maximum Gasteiger partial charge on any atom is 0.169 e. The lowest BCUT2D eigenvalue weighted by atomic mass is 9.93. The van der Waals surface area contributed by atoms with Gasteiger partial charge in [0.2, 0.25) is 0 Å². The highest BCUT2D eigenvalue weighted by atomic mass is 28.3. The predicted octanol–water partition coefficient (Wildman–Crippen LogP) is 13.7. The van der Waals surface area contributed by atoms with Crippen molar-refractivity contribution in [2.75, 3.05) is 13.2 Å². The molecule has 57 heavy (non-hydrogen) atoms. The van der Waals surface area contributed by atoms with E-state index in [0.717, 1.165) is 39.8 Å². The van der Waals surface area contributed by atoms with Crippen molar-refractivity contribution in [2.24, 2.45) is 5.92 Å². The SMILES string of the molecule is CC(C)c1ccc(C#CC2=CC=C(C#Cc3ccc(C(C)C)cc3C#C[Si](C(C)C)(C(C)C)C(C)C)C2C2OCCCO2)c(C#C[Si](C(C)C)(C(C)C)C(C)C)c1. The molecule has 2 aliphatic rings. The molecule has 2 aromatic rings. The standard InChI is InChI=1S/C53H72O2Si2/c1-36(2)48-26-20-44(50(34-48)28-32-56(38(5)6,39(7)8)40(9)10)18-22-46-24-25-47(52(46)53-54-30-17-31-55-53)23-19-45-21-27-49(37(3)4)35-51(45)29-33-57(41(11)12,42(13)14)43(15)16/h20-21,24-27,34-43,52-53H,17,30-31H2,1-16H3. The van der Waals surface area contributed by atoms with Crippen LogP contribution in [-0.4, -0.2) is 35.7 Å². The number of ether oxygens (including phenoxy) is 2. The molecule has 0 atom stereocenters. The molecule has 0 radical (unpaired) electrons. The summed E-state index contributed by atoms with van der Waals surface area (Å²) in [4.78, 5) is 0. The molecule has 0 saturated carbocycles. The summed E-state index contributed by atoms with van der Waals surface area (Å²) < 4.78 is 12.5. The van der Waals surface area contributed by atoms with Crippen LogP contribution in [-0.2, 0) is 9.47 Å². The molecule has 0 amide bonds. The van der Waals surface area contributed by atoms with E-state index in [0.29, 0.717) is 58.3 Å². The molecule has 0 bridgehead atoms. The molecule has 0 spiro atoms. The first kappa shape index (κ1) is 46.2. The van der Waals surface area contributed by atoms with Gasteiger partial charge in [-0.2, -0.15) is 0 Å². The lowest BCUT2D eigenvalue weighted by molar-refractivity contribution is -0.191. The Morgan fingerprint density at radius 2 is 0.807 bits per heavy atom. The first-order valence-electron chi connectivity index (χ1n) is 21.9. The van der Waals surface area contributed by atoms with Gasteiger partial charge >= 0.3 is 0 Å². The molecule has 0 N–H and O–H groups in total. The molecule has 1 aliphatic heterocycles. The number of allylic oxidation sites excluding steroid dienone is 2. The molecular weight excluding hydrogens is 725 g/mol. The van der Waals surface area contributed by atoms with Crippen molar-refractivity contribution in [3.05, 3.63) is 93.1 Å². The van der Waals surface area contributed by atoms with Gasteiger partial charge in [-0.15, -0.1) is 11.1 Å². The molecule has 1 heterocycles. The zero-order valence-corrected chi connectivity index (χ0v) is 40.3. The molecule has 1 aliphatic carbocycles. The lowest BCUT2D eigenvalue weighted by Crippen LogP contribution is -2.43. The Balaban J connectivity index is 1.80. The molecule has 0 aromatic heterocycles. The highest BCUT2D eigenvalue weighted by molar-refractivity contribution is 6.91. The van der Waals surface area contributed by atoms with Gasteiger partial charge < -0.3 is 9.47 Å². The predicted molar refractivity (Wildman–Crippen MR) is 251 cm³/mol. The number of hydrogen-bond acceptors (Lipinski definition) is 2. The third kappa shape index (κ3) is 10.4. The molecule has 1 saturated heterocycles. The molecule has 2 nitrogen and oxygen atoms in total. The smallest absolute Gasteiger partial charge is 0.169 e. The minimum absolute atomic E-state index is 0.204. The summed E-state index contributed by atoms with van der Waals surface area (Å²) in [6, 6.07) is 13.3. The van der Waals surface area contributed by atoms with Crippen LogP contribution in [0.15, 0.2) is 59.7 Å². The van der Waals surface area contributed by atoms with Gasteiger partial charge in [0.05, 0.1) is 19.1 Å². The second-order valence-electron chi connectivity index (χ2n) is 18.9. The first-order chi connectivity index (χ1) is 26.9. The number of hydrogen-bond donors (Lipinski definition) is 0. The van der Waals surface area contributed by atoms with Crippen molar-refractivity contribution in [3.8, 4) is 46.6 Å². The number of rotatable bonds is 9. The van der Waals surface area contributed by atoms with Gasteiger partial charge in [0.1, 0.15) is 16.1 Å². The second kappa shape index (κ2) is 20.0. The molecule has 2 aromatic carbocycles. The van der Waals surface area contributed by atoms with Crippen molar-refractivity contribution in [2.45, 2.75) is 169 Å². The van der Waals surface area contributed by atoms with Crippen LogP contribution in [0.4, 0.5) is 0 Å². The Labute approximate surface area is 351 Å². The Bertz CT molecular complexity index is 1850. The van der Waals surface area contributed by atoms with E-state index in [9.17, 15) is 0 Å². The van der Waals surface area contributed by atoms with E-state index in [2.05, 4.69) is 206 Å². The van der Waals surface area contributed by atoms with Crippen molar-refractivity contribution in [1.29, 1.82) is 0 Å². The molecule has 4 heteroatoms. The van der Waals surface area contributed by atoms with Crippen molar-refractivity contribution >= 4 is 16.1 Å². The topological polar surface area (TPSA) is 18.5 Å². The van der Waals surface area contributed by atoms with Crippen LogP contribution in [0.25, 0.3) is 0 Å². The van der Waals surface area contributed by atoms with Crippen molar-refractivity contribution in [1.82, 2.24) is 0 Å². The minimum Gasteiger partial charge on any atom is -0.352 e. The maximum absolute atomic E-state index is 6.27. The summed E-state index contributed by atoms with van der Waals surface area (Å²) in [5.41, 5.74) is 19.8. The largest absolute Gasteiger partial charge is 0.352 e. The summed E-state index contributed by atoms with van der Waals surface area (Å²) in [6.45, 7) is 38.7. The van der Waals surface area contributed by atoms with Gasteiger partial charge in [-0.1, -0.05) is 158 Å². The van der Waals surface area contributed by atoms with Crippen LogP contribution in [0.1, 0.15) is 162 Å². The molecule has 1 fully saturated rings. The van der Waals surface area contributed by atoms with Crippen molar-refractivity contribution in [3.63, 3.8) is 0 Å². The van der Waals surface area contributed by atoms with Crippen molar-refractivity contribution < 1.29 is 9.47 Å². The minimum atomic E-state index is -1.93. The summed E-state index contributed by atoms with van der Waals surface area (Å²) >= 11 is 0. The summed E-state index contributed by atoms with van der Waals surface area (Å²) in [5, 5.41) is 0. The van der Waals surface area contributed by atoms with Crippen LogP contribution >= 0.6 is 0 Å². The zero-order chi connectivity index (χ0) is 42.2. The Kier molecular flexibility index (Phi) is 16.2. The summed E-state index contributed by atoms with van der Waals surface area (Å²) in [7, 11) is -3.87. The Morgan fingerprint density at radius 1 is 0.456 bits per heavy atom. The average Bonchev–Trinajstić information content (AvgIpc) is 3.55. The lowest BCUT2D eigenvalue weighted by Gasteiger charge is -2.38. The van der Waals surface area contributed by atoms with E-state index < -0.39 is 22.4 Å². The third-order valence-corrected chi connectivity index (χ3v) is 25.5. The third-order valence-electron chi connectivity index (χ3n) is 12.9. The monoisotopic (exact) mass is 797 g/mol. The maximum atomic E-state index is 6.27. The van der Waals surface area contributed by atoms with Crippen LogP contribution in [0.3, 0.4) is 0 Å². The van der Waals surface area contributed by atoms with Gasteiger partial charge in [0.15, 0.2) is 6.29 Å². The fraction of sp³-hybridized carbons (Fsp3) is 0.547. The fourth-order valence-electron chi connectivity index (χ4n) is 9.55. The zero-order valence-electron chi connectivity index (χ0n) is 38.3. The van der Waals surface area contributed by atoms with E-state index in [1.54, 1.807) is 0 Å². The van der Waals surface area contributed by atoms with E-state index >= 15 is 0 Å².